The van der Waals surface area contributed by atoms with Gasteiger partial charge in [0, 0.05) is 24.2 Å². The van der Waals surface area contributed by atoms with Gasteiger partial charge in [0.2, 0.25) is 5.91 Å². The van der Waals surface area contributed by atoms with Crippen LogP contribution in [0.1, 0.15) is 25.1 Å². The summed E-state index contributed by atoms with van der Waals surface area (Å²) in [4.78, 5) is 11.6. The van der Waals surface area contributed by atoms with E-state index < -0.39 is 0 Å². The average Bonchev–Trinajstić information content (AvgIpc) is 2.77. The average molecular weight is 336 g/mol. The fourth-order valence-corrected chi connectivity index (χ4v) is 2.77. The number of hydrogen-bond donors (Lipinski definition) is 2. The molecule has 0 atom stereocenters. The smallest absolute Gasteiger partial charge is 0.238 e. The lowest BCUT2D eigenvalue weighted by atomic mass is 10.2. The summed E-state index contributed by atoms with van der Waals surface area (Å²) < 4.78 is 2.22. The monoisotopic (exact) mass is 335 g/mol. The number of halogens is 1. The SMILES string of the molecule is CNCC(=O)Nc1ccc(-c2nnc3n2CCCCC3)cc1.Cl. The third-order valence-electron chi connectivity index (χ3n) is 3.87. The molecule has 1 aromatic carbocycles. The van der Waals surface area contributed by atoms with Gasteiger partial charge in [-0.2, -0.15) is 0 Å². The number of carbonyl (C=O) groups excluding carboxylic acids is 1. The van der Waals surface area contributed by atoms with Gasteiger partial charge in [-0.1, -0.05) is 6.42 Å². The minimum absolute atomic E-state index is 0. The highest BCUT2D eigenvalue weighted by molar-refractivity contribution is 5.92. The zero-order valence-corrected chi connectivity index (χ0v) is 14.0. The molecule has 1 aliphatic rings. The first-order chi connectivity index (χ1) is 10.8. The Bertz CT molecular complexity index is 653. The van der Waals surface area contributed by atoms with Crippen LogP contribution in [0, 0.1) is 0 Å². The predicted octanol–water partition coefficient (Wildman–Crippen LogP) is 2.25. The van der Waals surface area contributed by atoms with Crippen molar-refractivity contribution in [2.45, 2.75) is 32.2 Å². The lowest BCUT2D eigenvalue weighted by Gasteiger charge is -2.08. The topological polar surface area (TPSA) is 71.8 Å². The normalized spacial score (nSPS) is 13.6. The maximum Gasteiger partial charge on any atom is 0.238 e. The van der Waals surface area contributed by atoms with E-state index in [2.05, 4.69) is 25.4 Å². The Hall–Kier alpha value is -1.92. The number of carbonyl (C=O) groups is 1. The summed E-state index contributed by atoms with van der Waals surface area (Å²) in [5.41, 5.74) is 1.83. The number of benzene rings is 1. The van der Waals surface area contributed by atoms with Crippen molar-refractivity contribution in [3.05, 3.63) is 30.1 Å². The third kappa shape index (κ3) is 4.09. The molecule has 0 fully saturated rings. The van der Waals surface area contributed by atoms with Crippen molar-refractivity contribution in [3.8, 4) is 11.4 Å². The van der Waals surface area contributed by atoms with Crippen molar-refractivity contribution in [2.75, 3.05) is 18.9 Å². The van der Waals surface area contributed by atoms with Crippen LogP contribution in [0.4, 0.5) is 5.69 Å². The van der Waals surface area contributed by atoms with Crippen molar-refractivity contribution in [1.29, 1.82) is 0 Å². The van der Waals surface area contributed by atoms with Crippen molar-refractivity contribution in [1.82, 2.24) is 20.1 Å². The fraction of sp³-hybridized carbons (Fsp3) is 0.438. The van der Waals surface area contributed by atoms with E-state index in [1.54, 1.807) is 7.05 Å². The Morgan fingerprint density at radius 2 is 1.96 bits per heavy atom. The lowest BCUT2D eigenvalue weighted by molar-refractivity contribution is -0.115. The molecule has 7 heteroatoms. The second-order valence-corrected chi connectivity index (χ2v) is 5.56. The number of nitrogens with one attached hydrogen (secondary N) is 2. The highest BCUT2D eigenvalue weighted by Crippen LogP contribution is 2.23. The Kier molecular flexibility index (Phi) is 6.12. The highest BCUT2D eigenvalue weighted by atomic mass is 35.5. The van der Waals surface area contributed by atoms with E-state index in [0.29, 0.717) is 6.54 Å². The van der Waals surface area contributed by atoms with Crippen LogP contribution in [-0.4, -0.2) is 34.3 Å². The maximum atomic E-state index is 11.6. The number of amides is 1. The molecule has 2 N–H and O–H groups in total. The Labute approximate surface area is 142 Å². The summed E-state index contributed by atoms with van der Waals surface area (Å²) in [6.45, 7) is 1.29. The van der Waals surface area contributed by atoms with Gasteiger partial charge in [0.15, 0.2) is 5.82 Å². The third-order valence-corrected chi connectivity index (χ3v) is 3.87. The summed E-state index contributed by atoms with van der Waals surface area (Å²) in [7, 11) is 1.75. The summed E-state index contributed by atoms with van der Waals surface area (Å²) in [6.07, 6.45) is 4.62. The fourth-order valence-electron chi connectivity index (χ4n) is 2.77. The van der Waals surface area contributed by atoms with Gasteiger partial charge in [-0.3, -0.25) is 4.79 Å². The molecule has 0 aliphatic carbocycles. The van der Waals surface area contributed by atoms with Crippen LogP contribution in [0.25, 0.3) is 11.4 Å². The molecule has 0 unspecified atom stereocenters. The molecule has 0 bridgehead atoms. The van der Waals surface area contributed by atoms with E-state index in [1.165, 1.54) is 19.3 Å². The first-order valence-corrected chi connectivity index (χ1v) is 7.75. The van der Waals surface area contributed by atoms with Gasteiger partial charge >= 0.3 is 0 Å². The van der Waals surface area contributed by atoms with Gasteiger partial charge in [-0.25, -0.2) is 0 Å². The maximum absolute atomic E-state index is 11.6. The number of nitrogens with zero attached hydrogens (tertiary/aromatic N) is 3. The molecule has 1 aromatic heterocycles. The Balaban J connectivity index is 0.00000192. The molecule has 23 heavy (non-hydrogen) atoms. The standard InChI is InChI=1S/C16H21N5O.ClH/c1-17-11-15(22)18-13-8-6-12(7-9-13)16-20-19-14-5-3-2-4-10-21(14)16;/h6-9,17H,2-5,10-11H2,1H3,(H,18,22);1H. The number of aryl methyl sites for hydroxylation is 1. The van der Waals surface area contributed by atoms with Crippen molar-refractivity contribution in [3.63, 3.8) is 0 Å². The predicted molar refractivity (Wildman–Crippen MR) is 92.8 cm³/mol. The van der Waals surface area contributed by atoms with Gasteiger partial charge in [0.1, 0.15) is 5.82 Å². The lowest BCUT2D eigenvalue weighted by Crippen LogP contribution is -2.24. The van der Waals surface area contributed by atoms with Gasteiger partial charge in [0.05, 0.1) is 6.54 Å². The van der Waals surface area contributed by atoms with Gasteiger partial charge in [-0.05, 0) is 44.2 Å². The Morgan fingerprint density at radius 1 is 1.17 bits per heavy atom. The van der Waals surface area contributed by atoms with E-state index in [4.69, 9.17) is 0 Å². The molecule has 1 aliphatic heterocycles. The van der Waals surface area contributed by atoms with Gasteiger partial charge < -0.3 is 15.2 Å². The van der Waals surface area contributed by atoms with E-state index in [-0.39, 0.29) is 18.3 Å². The van der Waals surface area contributed by atoms with E-state index in [0.717, 1.165) is 35.9 Å². The summed E-state index contributed by atoms with van der Waals surface area (Å²) in [6, 6.07) is 7.77. The molecule has 1 amide bonds. The molecule has 0 spiro atoms. The van der Waals surface area contributed by atoms with Crippen LogP contribution in [-0.2, 0) is 17.8 Å². The molecule has 0 saturated carbocycles. The van der Waals surface area contributed by atoms with Crippen LogP contribution < -0.4 is 10.6 Å². The van der Waals surface area contributed by atoms with E-state index in [9.17, 15) is 4.79 Å². The summed E-state index contributed by atoms with van der Waals surface area (Å²) in [5, 5.41) is 14.3. The van der Waals surface area contributed by atoms with Crippen molar-refractivity contribution >= 4 is 24.0 Å². The Morgan fingerprint density at radius 3 is 2.70 bits per heavy atom. The van der Waals surface area contributed by atoms with Crippen LogP contribution in [0.2, 0.25) is 0 Å². The molecule has 0 radical (unpaired) electrons. The highest BCUT2D eigenvalue weighted by Gasteiger charge is 2.15. The molecule has 2 heterocycles. The molecule has 6 nitrogen and oxygen atoms in total. The zero-order chi connectivity index (χ0) is 15.4. The number of aromatic nitrogens is 3. The van der Waals surface area contributed by atoms with Crippen molar-refractivity contribution < 1.29 is 4.79 Å². The molecule has 0 saturated heterocycles. The second-order valence-electron chi connectivity index (χ2n) is 5.56. The van der Waals surface area contributed by atoms with E-state index in [1.807, 2.05) is 24.3 Å². The second kappa shape index (κ2) is 8.08. The molecule has 3 rings (SSSR count). The van der Waals surface area contributed by atoms with Crippen molar-refractivity contribution in [2.24, 2.45) is 0 Å². The number of likely N-dealkylation sites (N-methyl/N-ethyl adjacent to an activating group) is 1. The minimum Gasteiger partial charge on any atom is -0.325 e. The van der Waals surface area contributed by atoms with Crippen LogP contribution in [0.15, 0.2) is 24.3 Å². The van der Waals surface area contributed by atoms with Gasteiger partial charge in [0.25, 0.3) is 0 Å². The largest absolute Gasteiger partial charge is 0.325 e. The molecular formula is C16H22ClN5O. The first kappa shape index (κ1) is 17.4. The first-order valence-electron chi connectivity index (χ1n) is 7.75. The minimum atomic E-state index is -0.0494. The van der Waals surface area contributed by atoms with Crippen LogP contribution in [0.5, 0.6) is 0 Å². The van der Waals surface area contributed by atoms with Crippen LogP contribution in [0.3, 0.4) is 0 Å². The summed E-state index contributed by atoms with van der Waals surface area (Å²) >= 11 is 0. The van der Waals surface area contributed by atoms with Gasteiger partial charge in [-0.15, -0.1) is 22.6 Å². The number of fused-ring (bicyclic) bond motifs is 1. The number of hydrogen-bond acceptors (Lipinski definition) is 4. The summed E-state index contributed by atoms with van der Waals surface area (Å²) in [5.74, 6) is 1.95. The number of rotatable bonds is 4. The number of anilines is 1. The molecular weight excluding hydrogens is 314 g/mol. The molecule has 124 valence electrons. The zero-order valence-electron chi connectivity index (χ0n) is 13.2. The van der Waals surface area contributed by atoms with E-state index >= 15 is 0 Å². The van der Waals surface area contributed by atoms with Crippen LogP contribution >= 0.6 is 12.4 Å². The molecule has 2 aromatic rings. The quantitative estimate of drug-likeness (QED) is 0.899.